The molecule has 2 aromatic heterocycles. The number of methoxy groups -OCH3 is 1. The van der Waals surface area contributed by atoms with Gasteiger partial charge in [-0.3, -0.25) is 9.59 Å². The maximum absolute atomic E-state index is 14.2. The van der Waals surface area contributed by atoms with Crippen molar-refractivity contribution in [3.63, 3.8) is 0 Å². The summed E-state index contributed by atoms with van der Waals surface area (Å²) in [5.41, 5.74) is -0.528. The monoisotopic (exact) mass is 309 g/mol. The predicted molar refractivity (Wildman–Crippen MR) is 77.2 cm³/mol. The third-order valence-corrected chi connectivity index (χ3v) is 3.93. The van der Waals surface area contributed by atoms with Crippen molar-refractivity contribution in [3.05, 3.63) is 32.6 Å². The number of rotatable bonds is 2. The molecule has 0 amide bonds. The number of nitrogens with one attached hydrogen (secondary N) is 1. The first kappa shape index (κ1) is 14.7. The number of hydrogen-bond donors (Lipinski definition) is 1. The number of pyridine rings is 1. The normalized spacial score (nSPS) is 22.0. The van der Waals surface area contributed by atoms with Gasteiger partial charge in [-0.2, -0.15) is 5.10 Å². The van der Waals surface area contributed by atoms with Crippen LogP contribution in [-0.4, -0.2) is 41.3 Å². The van der Waals surface area contributed by atoms with E-state index < -0.39 is 23.2 Å². The predicted octanol–water partition coefficient (Wildman–Crippen LogP) is 0.472. The van der Waals surface area contributed by atoms with E-state index in [1.807, 2.05) is 0 Å². The quantitative estimate of drug-likeness (QED) is 0.871. The molecule has 1 N–H and O–H groups in total. The van der Waals surface area contributed by atoms with Gasteiger partial charge < -0.3 is 14.5 Å². The van der Waals surface area contributed by atoms with Crippen molar-refractivity contribution in [2.45, 2.75) is 18.5 Å². The fourth-order valence-corrected chi connectivity index (χ4v) is 2.83. The van der Waals surface area contributed by atoms with Crippen LogP contribution >= 0.6 is 0 Å². The van der Waals surface area contributed by atoms with Gasteiger partial charge in [0, 0.05) is 31.2 Å². The van der Waals surface area contributed by atoms with Crippen molar-refractivity contribution in [2.75, 3.05) is 20.3 Å². The summed E-state index contributed by atoms with van der Waals surface area (Å²) in [7, 11) is 2.79. The first-order chi connectivity index (χ1) is 10.5. The second-order valence-electron chi connectivity index (χ2n) is 5.24. The summed E-state index contributed by atoms with van der Waals surface area (Å²) in [5.74, 6) is -0.567. The Balaban J connectivity index is 2.35. The number of nitrogens with zero attached hydrogens (tertiary/aromatic N) is 2. The molecular weight excluding hydrogens is 293 g/mol. The molecule has 2 atom stereocenters. The highest BCUT2D eigenvalue weighted by molar-refractivity contribution is 5.88. The number of aromatic nitrogens is 3. The molecule has 3 rings (SSSR count). The molecule has 1 aliphatic rings. The maximum atomic E-state index is 14.2. The van der Waals surface area contributed by atoms with Crippen LogP contribution in [0.5, 0.6) is 5.75 Å². The smallest absolute Gasteiger partial charge is 0.291 e. The Hall–Kier alpha value is -2.22. The summed E-state index contributed by atoms with van der Waals surface area (Å²) in [4.78, 5) is 26.7. The van der Waals surface area contributed by atoms with Crippen LogP contribution < -0.4 is 15.9 Å². The number of aromatic amines is 1. The van der Waals surface area contributed by atoms with Crippen LogP contribution in [-0.2, 0) is 11.8 Å². The van der Waals surface area contributed by atoms with E-state index in [-0.39, 0.29) is 17.7 Å². The topological polar surface area (TPSA) is 86.2 Å². The zero-order valence-electron chi connectivity index (χ0n) is 12.3. The standard InChI is InChI=1S/C14H16FN3O4/c1-18-14(20)10-8(5-16-13(19)12(10)21-2)11(17-18)7-3-4-22-6-9(7)15/h5,7,9H,3-4,6H2,1-2H3,(H,16,19)/t7-,9+/m1/s1. The lowest BCUT2D eigenvalue weighted by Gasteiger charge is -2.26. The average Bonchev–Trinajstić information content (AvgIpc) is 2.51. The van der Waals surface area contributed by atoms with Gasteiger partial charge in [0.1, 0.15) is 6.17 Å². The van der Waals surface area contributed by atoms with Gasteiger partial charge >= 0.3 is 0 Å². The van der Waals surface area contributed by atoms with Crippen LogP contribution in [0.15, 0.2) is 15.8 Å². The molecule has 0 bridgehead atoms. The summed E-state index contributed by atoms with van der Waals surface area (Å²) in [6.45, 7) is 0.425. The largest absolute Gasteiger partial charge is 0.490 e. The molecule has 0 aliphatic carbocycles. The number of hydrogen-bond acceptors (Lipinski definition) is 5. The van der Waals surface area contributed by atoms with Crippen LogP contribution in [0.4, 0.5) is 4.39 Å². The average molecular weight is 309 g/mol. The Morgan fingerprint density at radius 1 is 1.50 bits per heavy atom. The Bertz CT molecular complexity index is 829. The Labute approximate surface area is 124 Å². The molecule has 0 saturated carbocycles. The molecular formula is C14H16FN3O4. The van der Waals surface area contributed by atoms with Crippen molar-refractivity contribution in [1.29, 1.82) is 0 Å². The summed E-state index contributed by atoms with van der Waals surface area (Å²) >= 11 is 0. The van der Waals surface area contributed by atoms with Gasteiger partial charge in [-0.1, -0.05) is 0 Å². The van der Waals surface area contributed by atoms with E-state index >= 15 is 0 Å². The molecule has 0 radical (unpaired) electrons. The summed E-state index contributed by atoms with van der Waals surface area (Å²) in [5, 5.41) is 4.74. The minimum atomic E-state index is -1.21. The lowest BCUT2D eigenvalue weighted by molar-refractivity contribution is 0.0209. The van der Waals surface area contributed by atoms with Crippen molar-refractivity contribution >= 4 is 10.8 Å². The van der Waals surface area contributed by atoms with E-state index in [2.05, 4.69) is 10.1 Å². The van der Waals surface area contributed by atoms with Gasteiger partial charge in [-0.15, -0.1) is 0 Å². The van der Waals surface area contributed by atoms with Gasteiger partial charge in [0.25, 0.3) is 11.1 Å². The highest BCUT2D eigenvalue weighted by Crippen LogP contribution is 2.32. The summed E-state index contributed by atoms with van der Waals surface area (Å²) < 4.78 is 25.5. The van der Waals surface area contributed by atoms with Gasteiger partial charge in [-0.05, 0) is 6.42 Å². The van der Waals surface area contributed by atoms with Crippen LogP contribution in [0.25, 0.3) is 10.8 Å². The van der Waals surface area contributed by atoms with E-state index in [1.165, 1.54) is 20.4 Å². The second kappa shape index (κ2) is 5.53. The molecule has 22 heavy (non-hydrogen) atoms. The first-order valence-corrected chi connectivity index (χ1v) is 6.93. The Morgan fingerprint density at radius 3 is 2.95 bits per heavy atom. The van der Waals surface area contributed by atoms with Crippen molar-refractivity contribution in [2.24, 2.45) is 7.05 Å². The van der Waals surface area contributed by atoms with Crippen LogP contribution in [0.1, 0.15) is 18.0 Å². The number of halogens is 1. The van der Waals surface area contributed by atoms with Gasteiger partial charge in [-0.25, -0.2) is 9.07 Å². The van der Waals surface area contributed by atoms with Crippen LogP contribution in [0, 0.1) is 0 Å². The van der Waals surface area contributed by atoms with Crippen LogP contribution in [0.3, 0.4) is 0 Å². The van der Waals surface area contributed by atoms with Crippen LogP contribution in [0.2, 0.25) is 0 Å². The maximum Gasteiger partial charge on any atom is 0.291 e. The molecule has 2 aromatic rings. The van der Waals surface area contributed by atoms with E-state index in [9.17, 15) is 14.0 Å². The molecule has 7 nitrogen and oxygen atoms in total. The number of ether oxygens (including phenoxy) is 2. The molecule has 1 aliphatic heterocycles. The molecule has 1 fully saturated rings. The van der Waals surface area contributed by atoms with Crippen molar-refractivity contribution in [1.82, 2.24) is 14.8 Å². The number of aryl methyl sites for hydroxylation is 1. The summed E-state index contributed by atoms with van der Waals surface area (Å²) in [6.07, 6.45) is 0.648. The van der Waals surface area contributed by atoms with Gasteiger partial charge in [0.2, 0.25) is 0 Å². The fraction of sp³-hybridized carbons (Fsp3) is 0.500. The zero-order chi connectivity index (χ0) is 15.9. The SMILES string of the molecule is COc1c(=O)[nH]cc2c([C@@H]3CCOC[C@@H]3F)nn(C)c(=O)c12. The lowest BCUT2D eigenvalue weighted by Crippen LogP contribution is -2.31. The molecule has 1 saturated heterocycles. The lowest BCUT2D eigenvalue weighted by atomic mass is 9.92. The van der Waals surface area contributed by atoms with E-state index in [1.54, 1.807) is 0 Å². The highest BCUT2D eigenvalue weighted by atomic mass is 19.1. The van der Waals surface area contributed by atoms with Gasteiger partial charge in [0.05, 0.1) is 24.8 Å². The summed E-state index contributed by atoms with van der Waals surface area (Å²) in [6, 6.07) is 0. The van der Waals surface area contributed by atoms with E-state index in [0.29, 0.717) is 24.1 Å². The molecule has 0 unspecified atom stereocenters. The Kier molecular flexibility index (Phi) is 3.69. The molecule has 0 spiro atoms. The van der Waals surface area contributed by atoms with Gasteiger partial charge in [0.15, 0.2) is 5.75 Å². The fourth-order valence-electron chi connectivity index (χ4n) is 2.83. The third-order valence-electron chi connectivity index (χ3n) is 3.93. The number of alkyl halides is 1. The minimum absolute atomic E-state index is 0.00281. The number of H-pyrrole nitrogens is 1. The molecule has 118 valence electrons. The number of fused-ring (bicyclic) bond motifs is 1. The van der Waals surface area contributed by atoms with Crippen molar-refractivity contribution in [3.8, 4) is 5.75 Å². The third kappa shape index (κ3) is 2.19. The first-order valence-electron chi connectivity index (χ1n) is 6.93. The van der Waals surface area contributed by atoms with E-state index in [4.69, 9.17) is 9.47 Å². The zero-order valence-corrected chi connectivity index (χ0v) is 12.3. The molecule has 0 aromatic carbocycles. The highest BCUT2D eigenvalue weighted by Gasteiger charge is 2.31. The second-order valence-corrected chi connectivity index (χ2v) is 5.24. The minimum Gasteiger partial charge on any atom is -0.490 e. The molecule has 3 heterocycles. The van der Waals surface area contributed by atoms with E-state index in [0.717, 1.165) is 4.68 Å². The molecule has 8 heteroatoms. The Morgan fingerprint density at radius 2 is 2.27 bits per heavy atom. The van der Waals surface area contributed by atoms with Crippen molar-refractivity contribution < 1.29 is 13.9 Å².